The standard InChI is InChI=1S/C18H23N5O2S/c24-17(20-11-15-22-21-14-2-1-8-23(14)15)13-10-12-3-9-25-18(16(12)26-13)4-6-19-7-5-18/h10,19H,1-9,11H2,(H,20,24). The monoisotopic (exact) mass is 373 g/mol. The number of hydrogen-bond acceptors (Lipinski definition) is 6. The molecule has 0 aromatic carbocycles. The number of rotatable bonds is 3. The van der Waals surface area contributed by atoms with Gasteiger partial charge in [0.05, 0.1) is 18.0 Å². The van der Waals surface area contributed by atoms with Gasteiger partial charge in [0.2, 0.25) is 0 Å². The molecule has 8 heteroatoms. The van der Waals surface area contributed by atoms with E-state index in [1.165, 1.54) is 10.4 Å². The predicted molar refractivity (Wildman–Crippen MR) is 97.3 cm³/mol. The topological polar surface area (TPSA) is 81.1 Å². The molecule has 26 heavy (non-hydrogen) atoms. The largest absolute Gasteiger partial charge is 0.369 e. The number of carbonyl (C=O) groups is 1. The summed E-state index contributed by atoms with van der Waals surface area (Å²) in [6, 6.07) is 2.07. The number of hydrogen-bond donors (Lipinski definition) is 2. The van der Waals surface area contributed by atoms with E-state index in [1.54, 1.807) is 11.3 Å². The number of aromatic nitrogens is 3. The summed E-state index contributed by atoms with van der Waals surface area (Å²) >= 11 is 1.60. The molecular formula is C18H23N5O2S. The van der Waals surface area contributed by atoms with Crippen LogP contribution in [-0.2, 0) is 36.3 Å². The number of aryl methyl sites for hydroxylation is 1. The molecule has 1 fully saturated rings. The van der Waals surface area contributed by atoms with E-state index in [9.17, 15) is 4.79 Å². The van der Waals surface area contributed by atoms with Crippen LogP contribution in [0.2, 0.25) is 0 Å². The van der Waals surface area contributed by atoms with Crippen molar-refractivity contribution < 1.29 is 9.53 Å². The zero-order valence-electron chi connectivity index (χ0n) is 14.7. The Morgan fingerprint density at radius 1 is 1.35 bits per heavy atom. The maximum atomic E-state index is 12.7. The SMILES string of the molecule is O=C(NCc1nnc2n1CCC2)c1cc2c(s1)C1(CCNCC1)OCC2. The van der Waals surface area contributed by atoms with E-state index in [0.29, 0.717) is 6.54 Å². The van der Waals surface area contributed by atoms with Crippen molar-refractivity contribution in [1.82, 2.24) is 25.4 Å². The summed E-state index contributed by atoms with van der Waals surface area (Å²) in [6.45, 7) is 4.07. The van der Waals surface area contributed by atoms with E-state index >= 15 is 0 Å². The lowest BCUT2D eigenvalue weighted by Crippen LogP contribution is -2.43. The molecule has 2 aromatic heterocycles. The summed E-state index contributed by atoms with van der Waals surface area (Å²) in [4.78, 5) is 14.8. The average Bonchev–Trinajstić information content (AvgIpc) is 3.37. The van der Waals surface area contributed by atoms with Crippen LogP contribution in [0, 0.1) is 0 Å². The molecule has 1 amide bonds. The van der Waals surface area contributed by atoms with E-state index in [2.05, 4.69) is 31.5 Å². The second-order valence-corrected chi connectivity index (χ2v) is 8.33. The maximum absolute atomic E-state index is 12.7. The summed E-state index contributed by atoms with van der Waals surface area (Å²) in [7, 11) is 0. The van der Waals surface area contributed by atoms with E-state index in [0.717, 1.165) is 74.9 Å². The lowest BCUT2D eigenvalue weighted by molar-refractivity contribution is -0.0771. The van der Waals surface area contributed by atoms with Gasteiger partial charge in [-0.25, -0.2) is 0 Å². The number of nitrogens with zero attached hydrogens (tertiary/aromatic N) is 3. The molecule has 0 bridgehead atoms. The lowest BCUT2D eigenvalue weighted by Gasteiger charge is -2.40. The fourth-order valence-electron chi connectivity index (χ4n) is 4.32. The van der Waals surface area contributed by atoms with Crippen molar-refractivity contribution in [2.45, 2.75) is 50.8 Å². The zero-order chi connectivity index (χ0) is 17.6. The van der Waals surface area contributed by atoms with Gasteiger partial charge < -0.3 is 19.9 Å². The first kappa shape index (κ1) is 16.4. The molecule has 2 aromatic rings. The number of ether oxygens (including phenoxy) is 1. The zero-order valence-corrected chi connectivity index (χ0v) is 15.5. The smallest absolute Gasteiger partial charge is 0.261 e. The molecule has 0 radical (unpaired) electrons. The molecule has 0 saturated carbocycles. The molecule has 138 valence electrons. The molecule has 1 spiro atoms. The van der Waals surface area contributed by atoms with Gasteiger partial charge in [-0.1, -0.05) is 0 Å². The summed E-state index contributed by atoms with van der Waals surface area (Å²) < 4.78 is 8.33. The van der Waals surface area contributed by atoms with E-state index in [4.69, 9.17) is 4.74 Å². The Morgan fingerprint density at radius 3 is 3.12 bits per heavy atom. The first-order valence-corrected chi connectivity index (χ1v) is 10.2. The first-order valence-electron chi connectivity index (χ1n) is 9.42. The van der Waals surface area contributed by atoms with Gasteiger partial charge in [-0.15, -0.1) is 21.5 Å². The number of fused-ring (bicyclic) bond motifs is 3. The van der Waals surface area contributed by atoms with E-state index in [-0.39, 0.29) is 11.5 Å². The summed E-state index contributed by atoms with van der Waals surface area (Å²) in [5.41, 5.74) is 1.10. The van der Waals surface area contributed by atoms with Gasteiger partial charge in [-0.3, -0.25) is 4.79 Å². The number of piperidine rings is 1. The average molecular weight is 373 g/mol. The molecule has 1 saturated heterocycles. The second kappa shape index (κ2) is 6.44. The second-order valence-electron chi connectivity index (χ2n) is 7.28. The molecule has 2 N–H and O–H groups in total. The molecule has 0 atom stereocenters. The highest BCUT2D eigenvalue weighted by Gasteiger charge is 2.41. The molecule has 7 nitrogen and oxygen atoms in total. The van der Waals surface area contributed by atoms with Crippen LogP contribution >= 0.6 is 11.3 Å². The first-order chi connectivity index (χ1) is 12.8. The molecule has 5 rings (SSSR count). The van der Waals surface area contributed by atoms with Gasteiger partial charge in [-0.2, -0.15) is 0 Å². The van der Waals surface area contributed by atoms with Gasteiger partial charge in [0.1, 0.15) is 11.4 Å². The van der Waals surface area contributed by atoms with Gasteiger partial charge in [0, 0.05) is 17.8 Å². The van der Waals surface area contributed by atoms with Crippen molar-refractivity contribution >= 4 is 17.2 Å². The van der Waals surface area contributed by atoms with Crippen molar-refractivity contribution in [3.05, 3.63) is 33.0 Å². The molecular weight excluding hydrogens is 350 g/mol. The normalized spacial score (nSPS) is 20.8. The summed E-state index contributed by atoms with van der Waals surface area (Å²) in [5, 5.41) is 14.8. The summed E-state index contributed by atoms with van der Waals surface area (Å²) in [5.74, 6) is 1.86. The predicted octanol–water partition coefficient (Wildman–Crippen LogP) is 1.37. The summed E-state index contributed by atoms with van der Waals surface area (Å²) in [6.07, 6.45) is 4.95. The third-order valence-electron chi connectivity index (χ3n) is 5.70. The van der Waals surface area contributed by atoms with Gasteiger partial charge in [0.25, 0.3) is 5.91 Å². The minimum Gasteiger partial charge on any atom is -0.369 e. The molecule has 3 aliphatic heterocycles. The van der Waals surface area contributed by atoms with Crippen LogP contribution in [0.25, 0.3) is 0 Å². The number of thiophene rings is 1. The Balaban J connectivity index is 1.33. The minimum atomic E-state index is -0.185. The Labute approximate surface area is 156 Å². The highest BCUT2D eigenvalue weighted by Crippen LogP contribution is 2.44. The molecule has 0 aliphatic carbocycles. The van der Waals surface area contributed by atoms with Crippen molar-refractivity contribution in [2.75, 3.05) is 19.7 Å². The van der Waals surface area contributed by atoms with Crippen LogP contribution in [0.1, 0.15) is 51.0 Å². The Morgan fingerprint density at radius 2 is 2.23 bits per heavy atom. The quantitative estimate of drug-likeness (QED) is 0.849. The van der Waals surface area contributed by atoms with Crippen LogP contribution < -0.4 is 10.6 Å². The van der Waals surface area contributed by atoms with Crippen molar-refractivity contribution in [3.63, 3.8) is 0 Å². The van der Waals surface area contributed by atoms with Crippen LogP contribution in [-0.4, -0.2) is 40.4 Å². The number of nitrogens with one attached hydrogen (secondary N) is 2. The van der Waals surface area contributed by atoms with Crippen LogP contribution in [0.5, 0.6) is 0 Å². The number of amides is 1. The van der Waals surface area contributed by atoms with Crippen LogP contribution in [0.3, 0.4) is 0 Å². The Kier molecular flexibility index (Phi) is 4.06. The lowest BCUT2D eigenvalue weighted by atomic mass is 9.86. The van der Waals surface area contributed by atoms with Gasteiger partial charge in [0.15, 0.2) is 5.82 Å². The third-order valence-corrected chi connectivity index (χ3v) is 7.06. The van der Waals surface area contributed by atoms with Gasteiger partial charge in [-0.05, 0) is 50.4 Å². The highest BCUT2D eigenvalue weighted by molar-refractivity contribution is 7.14. The minimum absolute atomic E-state index is 0.0242. The maximum Gasteiger partial charge on any atom is 0.261 e. The van der Waals surface area contributed by atoms with Crippen molar-refractivity contribution in [1.29, 1.82) is 0 Å². The Bertz CT molecular complexity index is 837. The third kappa shape index (κ3) is 2.67. The van der Waals surface area contributed by atoms with Crippen LogP contribution in [0.4, 0.5) is 0 Å². The van der Waals surface area contributed by atoms with Crippen molar-refractivity contribution in [2.24, 2.45) is 0 Å². The van der Waals surface area contributed by atoms with Crippen LogP contribution in [0.15, 0.2) is 6.07 Å². The van der Waals surface area contributed by atoms with E-state index in [1.807, 2.05) is 0 Å². The van der Waals surface area contributed by atoms with Gasteiger partial charge >= 0.3 is 0 Å². The van der Waals surface area contributed by atoms with E-state index < -0.39 is 0 Å². The number of carbonyl (C=O) groups excluding carboxylic acids is 1. The van der Waals surface area contributed by atoms with Crippen molar-refractivity contribution in [3.8, 4) is 0 Å². The fourth-order valence-corrected chi connectivity index (χ4v) is 5.65. The molecule has 3 aliphatic rings. The molecule has 5 heterocycles. The fraction of sp³-hybridized carbons (Fsp3) is 0.611. The Hall–Kier alpha value is -1.77. The highest BCUT2D eigenvalue weighted by atomic mass is 32.1. The molecule has 0 unspecified atom stereocenters.